The van der Waals surface area contributed by atoms with Gasteiger partial charge in [0.25, 0.3) is 0 Å². The van der Waals surface area contributed by atoms with Gasteiger partial charge in [-0.05, 0) is 18.2 Å². The van der Waals surface area contributed by atoms with Crippen LogP contribution in [0.4, 0.5) is 4.39 Å². The molecular weight excluding hydrogens is 286 g/mol. The Labute approximate surface area is 98.4 Å². The Morgan fingerprint density at radius 1 is 1.47 bits per heavy atom. The van der Waals surface area contributed by atoms with Gasteiger partial charge in [0.05, 0.1) is 0 Å². The minimum absolute atomic E-state index is 0.139. The second-order valence-corrected chi connectivity index (χ2v) is 3.89. The number of aromatic nitrogens is 2. The average molecular weight is 292 g/mol. The van der Waals surface area contributed by atoms with Gasteiger partial charge in [-0.1, -0.05) is 21.1 Å². The first-order valence-corrected chi connectivity index (χ1v) is 5.37. The van der Waals surface area contributed by atoms with Gasteiger partial charge in [0.15, 0.2) is 0 Å². The fourth-order valence-corrected chi connectivity index (χ4v) is 1.62. The maximum atomic E-state index is 13.0. The molecule has 0 aliphatic rings. The van der Waals surface area contributed by atoms with Gasteiger partial charge in [0.1, 0.15) is 11.7 Å². The van der Waals surface area contributed by atoms with Crippen LogP contribution >= 0.6 is 27.5 Å². The third kappa shape index (κ3) is 2.18. The third-order valence-corrected chi connectivity index (χ3v) is 2.67. The molecule has 0 N–H and O–H groups in total. The molecule has 15 heavy (non-hydrogen) atoms. The van der Waals surface area contributed by atoms with Crippen molar-refractivity contribution in [1.82, 2.24) is 10.1 Å². The maximum Gasteiger partial charge on any atom is 0.241 e. The minimum Gasteiger partial charge on any atom is -0.338 e. The Morgan fingerprint density at radius 2 is 2.27 bits per heavy atom. The summed E-state index contributed by atoms with van der Waals surface area (Å²) in [7, 11) is 0. The van der Waals surface area contributed by atoms with Crippen molar-refractivity contribution in [2.24, 2.45) is 0 Å². The predicted octanol–water partition coefficient (Wildman–Crippen LogP) is 3.38. The molecule has 0 radical (unpaired) electrons. The van der Waals surface area contributed by atoms with Crippen LogP contribution in [0.3, 0.4) is 0 Å². The fraction of sp³-hybridized carbons (Fsp3) is 0.111. The SMILES string of the molecule is Fc1ccc(Br)c(-c2noc(CCl)n2)c1. The summed E-state index contributed by atoms with van der Waals surface area (Å²) in [4.78, 5) is 3.99. The second kappa shape index (κ2) is 4.28. The number of hydrogen-bond donors (Lipinski definition) is 0. The van der Waals surface area contributed by atoms with Crippen molar-refractivity contribution in [3.05, 3.63) is 34.4 Å². The van der Waals surface area contributed by atoms with E-state index in [1.807, 2.05) is 0 Å². The molecule has 0 unspecified atom stereocenters. The van der Waals surface area contributed by atoms with E-state index in [4.69, 9.17) is 16.1 Å². The molecule has 3 nitrogen and oxygen atoms in total. The van der Waals surface area contributed by atoms with Crippen LogP contribution in [-0.4, -0.2) is 10.1 Å². The van der Waals surface area contributed by atoms with Crippen LogP contribution in [0.5, 0.6) is 0 Å². The summed E-state index contributed by atoms with van der Waals surface area (Å²) < 4.78 is 18.5. The molecule has 1 aromatic carbocycles. The van der Waals surface area contributed by atoms with Gasteiger partial charge in [-0.25, -0.2) is 4.39 Å². The van der Waals surface area contributed by atoms with E-state index >= 15 is 0 Å². The molecule has 0 saturated heterocycles. The van der Waals surface area contributed by atoms with E-state index in [0.29, 0.717) is 21.8 Å². The molecule has 2 aromatic rings. The van der Waals surface area contributed by atoms with Crippen LogP contribution in [0.15, 0.2) is 27.2 Å². The summed E-state index contributed by atoms with van der Waals surface area (Å²) in [5, 5.41) is 3.69. The summed E-state index contributed by atoms with van der Waals surface area (Å²) >= 11 is 8.79. The number of halogens is 3. The van der Waals surface area contributed by atoms with Crippen LogP contribution in [-0.2, 0) is 5.88 Å². The number of benzene rings is 1. The lowest BCUT2D eigenvalue weighted by Gasteiger charge is -1.97. The number of alkyl halides is 1. The van der Waals surface area contributed by atoms with Gasteiger partial charge < -0.3 is 4.52 Å². The number of hydrogen-bond acceptors (Lipinski definition) is 3. The molecule has 0 saturated carbocycles. The van der Waals surface area contributed by atoms with Crippen molar-refractivity contribution in [3.8, 4) is 11.4 Å². The highest BCUT2D eigenvalue weighted by Crippen LogP contribution is 2.26. The molecule has 78 valence electrons. The Bertz CT molecular complexity index is 489. The van der Waals surface area contributed by atoms with Gasteiger partial charge in [-0.3, -0.25) is 0 Å². The predicted molar refractivity (Wildman–Crippen MR) is 56.9 cm³/mol. The summed E-state index contributed by atoms with van der Waals surface area (Å²) in [6.45, 7) is 0. The van der Waals surface area contributed by atoms with Gasteiger partial charge in [-0.15, -0.1) is 11.6 Å². The van der Waals surface area contributed by atoms with E-state index in [9.17, 15) is 4.39 Å². The van der Waals surface area contributed by atoms with Crippen molar-refractivity contribution in [1.29, 1.82) is 0 Å². The minimum atomic E-state index is -0.356. The lowest BCUT2D eigenvalue weighted by molar-refractivity contribution is 0.391. The van der Waals surface area contributed by atoms with Crippen molar-refractivity contribution in [2.45, 2.75) is 5.88 Å². The van der Waals surface area contributed by atoms with Crippen LogP contribution in [0.25, 0.3) is 11.4 Å². The quantitative estimate of drug-likeness (QED) is 0.796. The zero-order valence-corrected chi connectivity index (χ0v) is 9.72. The summed E-state index contributed by atoms with van der Waals surface area (Å²) in [6.07, 6.45) is 0. The zero-order valence-electron chi connectivity index (χ0n) is 7.38. The highest BCUT2D eigenvalue weighted by atomic mass is 79.9. The number of nitrogens with zero attached hydrogens (tertiary/aromatic N) is 2. The molecule has 0 aliphatic heterocycles. The maximum absolute atomic E-state index is 13.0. The summed E-state index contributed by atoms with van der Waals surface area (Å²) in [5.41, 5.74) is 0.537. The van der Waals surface area contributed by atoms with E-state index in [1.54, 1.807) is 6.07 Å². The zero-order chi connectivity index (χ0) is 10.8. The smallest absolute Gasteiger partial charge is 0.241 e. The van der Waals surface area contributed by atoms with Crippen molar-refractivity contribution in [2.75, 3.05) is 0 Å². The van der Waals surface area contributed by atoms with Crippen molar-refractivity contribution in [3.63, 3.8) is 0 Å². The second-order valence-electron chi connectivity index (χ2n) is 2.77. The lowest BCUT2D eigenvalue weighted by atomic mass is 10.2. The summed E-state index contributed by atoms with van der Waals surface area (Å²) in [5.74, 6) is 0.408. The monoisotopic (exact) mass is 290 g/mol. The molecule has 0 aliphatic carbocycles. The molecule has 2 rings (SSSR count). The fourth-order valence-electron chi connectivity index (χ4n) is 1.09. The normalized spacial score (nSPS) is 10.6. The van der Waals surface area contributed by atoms with Crippen molar-refractivity contribution < 1.29 is 8.91 Å². The van der Waals surface area contributed by atoms with E-state index in [0.717, 1.165) is 0 Å². The highest BCUT2D eigenvalue weighted by Gasteiger charge is 2.11. The molecule has 0 bridgehead atoms. The van der Waals surface area contributed by atoms with Gasteiger partial charge in [0, 0.05) is 10.0 Å². The molecular formula is C9H5BrClFN2O. The Kier molecular flexibility index (Phi) is 3.02. The highest BCUT2D eigenvalue weighted by molar-refractivity contribution is 9.10. The largest absolute Gasteiger partial charge is 0.338 e. The van der Waals surface area contributed by atoms with Gasteiger partial charge >= 0.3 is 0 Å². The first kappa shape index (κ1) is 10.6. The molecule has 0 spiro atoms. The molecule has 1 heterocycles. The molecule has 6 heteroatoms. The first-order valence-electron chi connectivity index (χ1n) is 4.04. The Balaban J connectivity index is 2.48. The van der Waals surface area contributed by atoms with Crippen LogP contribution in [0.2, 0.25) is 0 Å². The molecule has 0 fully saturated rings. The van der Waals surface area contributed by atoms with Crippen LogP contribution in [0.1, 0.15) is 5.89 Å². The summed E-state index contributed by atoms with van der Waals surface area (Å²) in [6, 6.07) is 4.25. The average Bonchev–Trinajstić information content (AvgIpc) is 2.70. The third-order valence-electron chi connectivity index (χ3n) is 1.75. The van der Waals surface area contributed by atoms with E-state index in [-0.39, 0.29) is 11.7 Å². The molecule has 0 amide bonds. The van der Waals surface area contributed by atoms with E-state index < -0.39 is 0 Å². The topological polar surface area (TPSA) is 38.9 Å². The molecule has 1 aromatic heterocycles. The van der Waals surface area contributed by atoms with Gasteiger partial charge in [-0.2, -0.15) is 4.98 Å². The molecule has 0 atom stereocenters. The lowest BCUT2D eigenvalue weighted by Crippen LogP contribution is -1.85. The van der Waals surface area contributed by atoms with Crippen LogP contribution in [0, 0.1) is 5.82 Å². The standard InChI is InChI=1S/C9H5BrClFN2O/c10-7-2-1-5(12)3-6(7)9-13-8(4-11)15-14-9/h1-3H,4H2. The van der Waals surface area contributed by atoms with E-state index in [1.165, 1.54) is 12.1 Å². The Morgan fingerprint density at radius 3 is 2.93 bits per heavy atom. The van der Waals surface area contributed by atoms with Gasteiger partial charge in [0.2, 0.25) is 11.7 Å². The van der Waals surface area contributed by atoms with E-state index in [2.05, 4.69) is 26.1 Å². The van der Waals surface area contributed by atoms with Crippen LogP contribution < -0.4 is 0 Å². The number of rotatable bonds is 2. The first-order chi connectivity index (χ1) is 7.20. The Hall–Kier alpha value is -0.940. The van der Waals surface area contributed by atoms with Crippen molar-refractivity contribution >= 4 is 27.5 Å².